The summed E-state index contributed by atoms with van der Waals surface area (Å²) in [6.07, 6.45) is -1.91. The van der Waals surface area contributed by atoms with Gasteiger partial charge in [0.25, 0.3) is 0 Å². The predicted octanol–water partition coefficient (Wildman–Crippen LogP) is 6.17. The van der Waals surface area contributed by atoms with Gasteiger partial charge >= 0.3 is 18.2 Å². The molecule has 18 heteroatoms. The molecule has 1 aliphatic rings. The number of anilines is 2. The Bertz CT molecular complexity index is 1700. The van der Waals surface area contributed by atoms with Gasteiger partial charge in [-0.3, -0.25) is 5.32 Å². The van der Waals surface area contributed by atoms with Crippen LogP contribution in [0.2, 0.25) is 0 Å². The summed E-state index contributed by atoms with van der Waals surface area (Å²) in [4.78, 5) is 52.6. The maximum atomic E-state index is 12.3. The zero-order chi connectivity index (χ0) is 37.6. The average molecular weight is 751 g/mol. The summed E-state index contributed by atoms with van der Waals surface area (Å²) in [7, 11) is 0. The van der Waals surface area contributed by atoms with Crippen LogP contribution in [0.1, 0.15) is 68.0 Å². The topological polar surface area (TPSA) is 192 Å². The van der Waals surface area contributed by atoms with E-state index in [0.29, 0.717) is 24.0 Å². The molecule has 3 N–H and O–H groups in total. The SMILES string of the molecule is CC(C)(C)OCOCC(COc1ccc2nc(NC3CN(C(=O)OC(C)(C)C)C3)sc2c1)O/N=C(\C(=O)O)c1csc(NC(=O)OC(C)(C)C)n1. The van der Waals surface area contributed by atoms with Gasteiger partial charge in [-0.25, -0.2) is 24.4 Å². The molecule has 3 heterocycles. The van der Waals surface area contributed by atoms with Crippen LogP contribution in [-0.2, 0) is 28.6 Å². The first kappa shape index (κ1) is 39.5. The van der Waals surface area contributed by atoms with E-state index in [1.807, 2.05) is 53.7 Å². The largest absolute Gasteiger partial charge is 0.489 e. The second-order valence-corrected chi connectivity index (χ2v) is 16.5. The Balaban J connectivity index is 1.39. The van der Waals surface area contributed by atoms with E-state index in [1.165, 1.54) is 16.7 Å². The van der Waals surface area contributed by atoms with Gasteiger partial charge in [-0.05, 0) is 80.5 Å². The Morgan fingerprint density at radius 3 is 2.33 bits per heavy atom. The molecule has 4 rings (SSSR count). The highest BCUT2D eigenvalue weighted by Crippen LogP contribution is 2.31. The molecule has 1 fully saturated rings. The molecule has 0 saturated carbocycles. The molecule has 16 nitrogen and oxygen atoms in total. The van der Waals surface area contributed by atoms with Crippen molar-refractivity contribution in [2.24, 2.45) is 5.16 Å². The molecule has 3 aromatic rings. The molecule has 280 valence electrons. The number of carboxylic acids is 1. The first-order chi connectivity index (χ1) is 23.7. The van der Waals surface area contributed by atoms with E-state index in [0.717, 1.165) is 21.6 Å². The first-order valence-electron chi connectivity index (χ1n) is 16.2. The number of oxime groups is 1. The number of carbonyl (C=O) groups is 3. The van der Waals surface area contributed by atoms with Crippen LogP contribution in [0.25, 0.3) is 10.2 Å². The molecule has 1 unspecified atom stereocenters. The van der Waals surface area contributed by atoms with Crippen LogP contribution in [0.4, 0.5) is 19.9 Å². The molecule has 0 bridgehead atoms. The zero-order valence-corrected chi connectivity index (χ0v) is 31.9. The number of likely N-dealkylation sites (tertiary alicyclic amines) is 1. The van der Waals surface area contributed by atoms with Crippen molar-refractivity contribution >= 4 is 67.0 Å². The maximum absolute atomic E-state index is 12.3. The van der Waals surface area contributed by atoms with Crippen molar-refractivity contribution in [3.8, 4) is 5.75 Å². The van der Waals surface area contributed by atoms with Crippen molar-refractivity contribution in [1.29, 1.82) is 0 Å². The van der Waals surface area contributed by atoms with Gasteiger partial charge in [0.05, 0.1) is 28.5 Å². The number of carbonyl (C=O) groups excluding carboxylic acids is 2. The van der Waals surface area contributed by atoms with Crippen molar-refractivity contribution in [3.63, 3.8) is 0 Å². The number of rotatable bonds is 14. The molecular formula is C33H46N6O10S2. The maximum Gasteiger partial charge on any atom is 0.413 e. The Morgan fingerprint density at radius 2 is 1.69 bits per heavy atom. The molecule has 1 aliphatic heterocycles. The summed E-state index contributed by atoms with van der Waals surface area (Å²) < 4.78 is 28.8. The minimum absolute atomic E-state index is 0.0188. The molecule has 51 heavy (non-hydrogen) atoms. The number of ether oxygens (including phenoxy) is 5. The summed E-state index contributed by atoms with van der Waals surface area (Å²) in [5.41, 5.74) is -1.44. The number of hydrogen-bond donors (Lipinski definition) is 3. The van der Waals surface area contributed by atoms with Gasteiger partial charge in [0.15, 0.2) is 16.4 Å². The molecule has 2 aromatic heterocycles. The summed E-state index contributed by atoms with van der Waals surface area (Å²) in [5, 5.41) is 21.9. The first-order valence-corrected chi connectivity index (χ1v) is 17.9. The number of aromatic nitrogens is 2. The third-order valence-electron chi connectivity index (χ3n) is 6.39. The van der Waals surface area contributed by atoms with Gasteiger partial charge < -0.3 is 43.8 Å². The minimum Gasteiger partial charge on any atom is -0.489 e. The Labute approximate surface area is 304 Å². The average Bonchev–Trinajstić information content (AvgIpc) is 3.58. The molecule has 1 atom stereocenters. The van der Waals surface area contributed by atoms with Crippen LogP contribution in [0.5, 0.6) is 5.75 Å². The van der Waals surface area contributed by atoms with Gasteiger partial charge in [0.1, 0.15) is 36.0 Å². The number of carboxylic acid groups (broad SMARTS) is 1. The van der Waals surface area contributed by atoms with Crippen LogP contribution >= 0.6 is 22.7 Å². The number of hydrogen-bond acceptors (Lipinski definition) is 15. The van der Waals surface area contributed by atoms with Gasteiger partial charge in [0.2, 0.25) is 5.71 Å². The quantitative estimate of drug-likeness (QED) is 0.0734. The summed E-state index contributed by atoms with van der Waals surface area (Å²) in [6.45, 7) is 17.2. The highest BCUT2D eigenvalue weighted by Gasteiger charge is 2.34. The number of amides is 2. The fourth-order valence-electron chi connectivity index (χ4n) is 4.13. The van der Waals surface area contributed by atoms with E-state index in [2.05, 4.69) is 25.8 Å². The Kier molecular flexibility index (Phi) is 12.7. The van der Waals surface area contributed by atoms with Crippen LogP contribution in [0, 0.1) is 0 Å². The van der Waals surface area contributed by atoms with Crippen LogP contribution in [0.15, 0.2) is 28.7 Å². The lowest BCUT2D eigenvalue weighted by atomic mass is 10.1. The molecule has 0 aliphatic carbocycles. The van der Waals surface area contributed by atoms with Gasteiger partial charge in [0, 0.05) is 18.5 Å². The lowest BCUT2D eigenvalue weighted by Crippen LogP contribution is -2.57. The zero-order valence-electron chi connectivity index (χ0n) is 30.2. The summed E-state index contributed by atoms with van der Waals surface area (Å²) in [5.74, 6) is -0.864. The number of benzene rings is 1. The predicted molar refractivity (Wildman–Crippen MR) is 193 cm³/mol. The second kappa shape index (κ2) is 16.4. The highest BCUT2D eigenvalue weighted by atomic mass is 32.1. The van der Waals surface area contributed by atoms with E-state index in [4.69, 9.17) is 28.5 Å². The van der Waals surface area contributed by atoms with E-state index < -0.39 is 40.7 Å². The van der Waals surface area contributed by atoms with Crippen molar-refractivity contribution in [2.45, 2.75) is 91.3 Å². The molecule has 0 spiro atoms. The fourth-order valence-corrected chi connectivity index (χ4v) is 5.78. The molecule has 1 aromatic carbocycles. The Morgan fingerprint density at radius 1 is 0.980 bits per heavy atom. The number of nitrogens with zero attached hydrogens (tertiary/aromatic N) is 4. The molecule has 1 saturated heterocycles. The summed E-state index contributed by atoms with van der Waals surface area (Å²) >= 11 is 2.45. The standard InChI is InChI=1S/C33H46N6O10S2/c1-31(2,3)46-18-44-15-21(49-38-25(26(40)41)23-17-50-27(36-23)37-29(42)47-32(4,5)6)16-45-20-10-11-22-24(12-20)51-28(35-22)34-19-13-39(14-19)30(43)48-33(7,8)9/h10-12,17,19,21H,13-16,18H2,1-9H3,(H,34,35)(H,40,41)(H,36,37,42)/b38-25-. The van der Waals surface area contributed by atoms with E-state index in [-0.39, 0.29) is 43.0 Å². The van der Waals surface area contributed by atoms with Gasteiger partial charge in [-0.1, -0.05) is 16.5 Å². The normalized spacial score (nSPS) is 14.8. The highest BCUT2D eigenvalue weighted by molar-refractivity contribution is 7.22. The molecule has 0 radical (unpaired) electrons. The second-order valence-electron chi connectivity index (χ2n) is 14.6. The number of thiazole rings is 2. The van der Waals surface area contributed by atoms with E-state index >= 15 is 0 Å². The van der Waals surface area contributed by atoms with Crippen LogP contribution < -0.4 is 15.4 Å². The van der Waals surface area contributed by atoms with Gasteiger partial charge in [-0.15, -0.1) is 11.3 Å². The van der Waals surface area contributed by atoms with Crippen LogP contribution in [0.3, 0.4) is 0 Å². The van der Waals surface area contributed by atoms with Gasteiger partial charge in [-0.2, -0.15) is 0 Å². The van der Waals surface area contributed by atoms with Crippen molar-refractivity contribution in [1.82, 2.24) is 14.9 Å². The van der Waals surface area contributed by atoms with E-state index in [1.54, 1.807) is 31.7 Å². The number of nitrogens with one attached hydrogen (secondary N) is 2. The fraction of sp³-hybridized carbons (Fsp3) is 0.576. The molecular weight excluding hydrogens is 705 g/mol. The smallest absolute Gasteiger partial charge is 0.413 e. The van der Waals surface area contributed by atoms with Crippen molar-refractivity contribution in [3.05, 3.63) is 29.3 Å². The lowest BCUT2D eigenvalue weighted by Gasteiger charge is -2.39. The van der Waals surface area contributed by atoms with E-state index in [9.17, 15) is 19.5 Å². The van der Waals surface area contributed by atoms with Crippen LogP contribution in [-0.4, -0.2) is 106 Å². The number of aliphatic carboxylic acids is 1. The van der Waals surface area contributed by atoms with Crippen molar-refractivity contribution < 1.29 is 48.0 Å². The minimum atomic E-state index is -1.39. The Hall–Kier alpha value is -4.26. The lowest BCUT2D eigenvalue weighted by molar-refractivity contribution is -0.142. The summed E-state index contributed by atoms with van der Waals surface area (Å²) in [6, 6.07) is 5.49. The van der Waals surface area contributed by atoms with Crippen molar-refractivity contribution in [2.75, 3.05) is 43.7 Å². The molecule has 2 amide bonds. The monoisotopic (exact) mass is 750 g/mol. The third kappa shape index (κ3) is 13.1. The third-order valence-corrected chi connectivity index (χ3v) is 8.09. The number of fused-ring (bicyclic) bond motifs is 1.